The summed E-state index contributed by atoms with van der Waals surface area (Å²) in [5.74, 6) is 0.459. The highest BCUT2D eigenvalue weighted by Crippen LogP contribution is 2.24. The van der Waals surface area contributed by atoms with Crippen LogP contribution in [0.3, 0.4) is 0 Å². The molecule has 2 aromatic rings. The van der Waals surface area contributed by atoms with E-state index in [0.29, 0.717) is 5.56 Å². The van der Waals surface area contributed by atoms with Crippen molar-refractivity contribution in [2.24, 2.45) is 0 Å². The van der Waals surface area contributed by atoms with Crippen LogP contribution in [0.2, 0.25) is 0 Å². The Morgan fingerprint density at radius 1 is 1.15 bits per heavy atom. The zero-order chi connectivity index (χ0) is 14.5. The Kier molecular flexibility index (Phi) is 4.79. The van der Waals surface area contributed by atoms with Crippen molar-refractivity contribution in [1.82, 2.24) is 0 Å². The van der Waals surface area contributed by atoms with Gasteiger partial charge in [0.2, 0.25) is 0 Å². The van der Waals surface area contributed by atoms with Crippen molar-refractivity contribution in [3.05, 3.63) is 64.1 Å². The summed E-state index contributed by atoms with van der Waals surface area (Å²) in [6.07, 6.45) is -0.101. The number of carbonyl (C=O) groups is 1. The number of methoxy groups -OCH3 is 1. The molecule has 0 N–H and O–H groups in total. The molecule has 2 rings (SSSR count). The minimum absolute atomic E-state index is 0.101. The van der Waals surface area contributed by atoms with Gasteiger partial charge in [0.15, 0.2) is 0 Å². The van der Waals surface area contributed by atoms with E-state index < -0.39 is 0 Å². The molecule has 4 heteroatoms. The van der Waals surface area contributed by atoms with E-state index in [4.69, 9.17) is 4.74 Å². The lowest BCUT2D eigenvalue weighted by atomic mass is 10.1. The molecule has 0 saturated heterocycles. The van der Waals surface area contributed by atoms with E-state index in [0.717, 1.165) is 15.8 Å². The van der Waals surface area contributed by atoms with Gasteiger partial charge >= 0.3 is 5.97 Å². The molecule has 0 amide bonds. The number of esters is 1. The predicted octanol–water partition coefficient (Wildman–Crippen LogP) is 4.38. The van der Waals surface area contributed by atoms with Crippen molar-refractivity contribution < 1.29 is 14.3 Å². The first-order chi connectivity index (χ1) is 9.60. The first-order valence-electron chi connectivity index (χ1n) is 6.20. The van der Waals surface area contributed by atoms with Gasteiger partial charge in [-0.1, -0.05) is 34.1 Å². The van der Waals surface area contributed by atoms with Crippen LogP contribution in [0.4, 0.5) is 0 Å². The maximum atomic E-state index is 11.4. The number of halogens is 1. The molecule has 0 aliphatic heterocycles. The van der Waals surface area contributed by atoms with Crippen LogP contribution in [-0.2, 0) is 4.74 Å². The highest BCUT2D eigenvalue weighted by Gasteiger charge is 2.10. The number of ether oxygens (including phenoxy) is 2. The molecule has 0 fully saturated rings. The Bertz CT molecular complexity index is 593. The molecule has 0 spiro atoms. The standard InChI is InChI=1S/C16H15BrO3/c1-11(20-15-5-3-4-14(17)10-15)12-6-8-13(9-7-12)16(18)19-2/h3-11H,1-2H3. The lowest BCUT2D eigenvalue weighted by molar-refractivity contribution is 0.0600. The van der Waals surface area contributed by atoms with Gasteiger partial charge in [-0.05, 0) is 42.8 Å². The van der Waals surface area contributed by atoms with Crippen LogP contribution in [0.15, 0.2) is 53.0 Å². The van der Waals surface area contributed by atoms with Crippen LogP contribution in [0.25, 0.3) is 0 Å². The first kappa shape index (κ1) is 14.6. The van der Waals surface area contributed by atoms with Crippen LogP contribution in [0.5, 0.6) is 5.75 Å². The summed E-state index contributed by atoms with van der Waals surface area (Å²) in [5.41, 5.74) is 1.53. The quantitative estimate of drug-likeness (QED) is 0.778. The van der Waals surface area contributed by atoms with E-state index in [2.05, 4.69) is 20.7 Å². The molecule has 0 radical (unpaired) electrons. The average molecular weight is 335 g/mol. The Labute approximate surface area is 126 Å². The van der Waals surface area contributed by atoms with Crippen molar-refractivity contribution in [3.63, 3.8) is 0 Å². The van der Waals surface area contributed by atoms with Gasteiger partial charge in [0.1, 0.15) is 11.9 Å². The molecule has 104 valence electrons. The fourth-order valence-corrected chi connectivity index (χ4v) is 2.20. The summed E-state index contributed by atoms with van der Waals surface area (Å²) < 4.78 is 11.5. The van der Waals surface area contributed by atoms with E-state index in [1.54, 1.807) is 12.1 Å². The van der Waals surface area contributed by atoms with Gasteiger partial charge in [-0.15, -0.1) is 0 Å². The summed E-state index contributed by atoms with van der Waals surface area (Å²) in [5, 5.41) is 0. The van der Waals surface area contributed by atoms with E-state index in [9.17, 15) is 4.79 Å². The zero-order valence-corrected chi connectivity index (χ0v) is 12.9. The van der Waals surface area contributed by atoms with Gasteiger partial charge in [-0.3, -0.25) is 0 Å². The lowest BCUT2D eigenvalue weighted by Crippen LogP contribution is -2.05. The molecule has 3 nitrogen and oxygen atoms in total. The molecule has 1 atom stereocenters. The summed E-state index contributed by atoms with van der Waals surface area (Å²) in [4.78, 5) is 11.4. The van der Waals surface area contributed by atoms with Gasteiger partial charge in [-0.2, -0.15) is 0 Å². The second-order valence-electron chi connectivity index (χ2n) is 4.33. The molecule has 0 aliphatic carbocycles. The molecule has 0 bridgehead atoms. The van der Waals surface area contributed by atoms with Crippen LogP contribution < -0.4 is 4.74 Å². The summed E-state index contributed by atoms with van der Waals surface area (Å²) in [6.45, 7) is 1.97. The molecule has 20 heavy (non-hydrogen) atoms. The Morgan fingerprint density at radius 2 is 1.85 bits per heavy atom. The molecular weight excluding hydrogens is 320 g/mol. The Balaban J connectivity index is 2.09. The van der Waals surface area contributed by atoms with Gasteiger partial charge in [-0.25, -0.2) is 4.79 Å². The summed E-state index contributed by atoms with van der Waals surface area (Å²) in [7, 11) is 1.37. The SMILES string of the molecule is COC(=O)c1ccc(C(C)Oc2cccc(Br)c2)cc1. The lowest BCUT2D eigenvalue weighted by Gasteiger charge is -2.15. The third-order valence-corrected chi connectivity index (χ3v) is 3.40. The average Bonchev–Trinajstić information content (AvgIpc) is 2.46. The molecule has 0 aromatic heterocycles. The molecule has 0 aliphatic rings. The van der Waals surface area contributed by atoms with Crippen LogP contribution >= 0.6 is 15.9 Å². The number of benzene rings is 2. The minimum atomic E-state index is -0.336. The second-order valence-corrected chi connectivity index (χ2v) is 5.25. The fraction of sp³-hybridized carbons (Fsp3) is 0.188. The van der Waals surface area contributed by atoms with Crippen molar-refractivity contribution in [2.45, 2.75) is 13.0 Å². The van der Waals surface area contributed by atoms with Gasteiger partial charge in [0.25, 0.3) is 0 Å². The normalized spacial score (nSPS) is 11.8. The second kappa shape index (κ2) is 6.57. The molecular formula is C16H15BrO3. The van der Waals surface area contributed by atoms with Gasteiger partial charge in [0, 0.05) is 4.47 Å². The summed E-state index contributed by atoms with van der Waals surface area (Å²) >= 11 is 3.41. The largest absolute Gasteiger partial charge is 0.486 e. The predicted molar refractivity (Wildman–Crippen MR) is 81.0 cm³/mol. The number of carbonyl (C=O) groups excluding carboxylic acids is 1. The van der Waals surface area contributed by atoms with Crippen molar-refractivity contribution in [3.8, 4) is 5.75 Å². The maximum Gasteiger partial charge on any atom is 0.337 e. The van der Waals surface area contributed by atoms with E-state index in [-0.39, 0.29) is 12.1 Å². The number of rotatable bonds is 4. The van der Waals surface area contributed by atoms with E-state index >= 15 is 0 Å². The monoisotopic (exact) mass is 334 g/mol. The highest BCUT2D eigenvalue weighted by molar-refractivity contribution is 9.10. The summed E-state index contributed by atoms with van der Waals surface area (Å²) in [6, 6.07) is 14.9. The Morgan fingerprint density at radius 3 is 2.45 bits per heavy atom. The van der Waals surface area contributed by atoms with Crippen LogP contribution in [-0.4, -0.2) is 13.1 Å². The van der Waals surface area contributed by atoms with Crippen molar-refractivity contribution in [1.29, 1.82) is 0 Å². The van der Waals surface area contributed by atoms with Crippen molar-refractivity contribution in [2.75, 3.05) is 7.11 Å². The minimum Gasteiger partial charge on any atom is -0.486 e. The highest BCUT2D eigenvalue weighted by atomic mass is 79.9. The number of hydrogen-bond acceptors (Lipinski definition) is 3. The van der Waals surface area contributed by atoms with Crippen LogP contribution in [0, 0.1) is 0 Å². The fourth-order valence-electron chi connectivity index (χ4n) is 1.82. The third-order valence-electron chi connectivity index (χ3n) is 2.91. The maximum absolute atomic E-state index is 11.4. The van der Waals surface area contributed by atoms with Gasteiger partial charge < -0.3 is 9.47 Å². The zero-order valence-electron chi connectivity index (χ0n) is 11.3. The smallest absolute Gasteiger partial charge is 0.337 e. The molecule has 1 unspecified atom stereocenters. The van der Waals surface area contributed by atoms with E-state index in [1.165, 1.54) is 7.11 Å². The van der Waals surface area contributed by atoms with E-state index in [1.807, 2.05) is 43.3 Å². The van der Waals surface area contributed by atoms with Crippen LogP contribution in [0.1, 0.15) is 28.9 Å². The molecule has 2 aromatic carbocycles. The number of hydrogen-bond donors (Lipinski definition) is 0. The topological polar surface area (TPSA) is 35.5 Å². The van der Waals surface area contributed by atoms with Crippen molar-refractivity contribution >= 4 is 21.9 Å². The first-order valence-corrected chi connectivity index (χ1v) is 7.00. The Hall–Kier alpha value is -1.81. The third kappa shape index (κ3) is 3.61. The molecule has 0 saturated carbocycles. The molecule has 0 heterocycles. The van der Waals surface area contributed by atoms with Gasteiger partial charge in [0.05, 0.1) is 12.7 Å².